The Balaban J connectivity index is 1.95. The molecule has 0 unspecified atom stereocenters. The van der Waals surface area contributed by atoms with Crippen molar-refractivity contribution >= 4 is 23.4 Å². The molecule has 32 heavy (non-hydrogen) atoms. The molecule has 4 N–H and O–H groups in total. The topological polar surface area (TPSA) is 154 Å². The molecule has 10 nitrogen and oxygen atoms in total. The van der Waals surface area contributed by atoms with E-state index in [1.165, 1.54) is 25.3 Å². The van der Waals surface area contributed by atoms with Gasteiger partial charge >= 0.3 is 0 Å². The zero-order valence-corrected chi connectivity index (χ0v) is 17.9. The lowest BCUT2D eigenvalue weighted by atomic mass is 10.0. The van der Waals surface area contributed by atoms with Crippen molar-refractivity contribution in [1.82, 2.24) is 10.6 Å². The second kappa shape index (κ2) is 11.4. The van der Waals surface area contributed by atoms with Crippen molar-refractivity contribution in [2.24, 2.45) is 5.73 Å². The zero-order chi connectivity index (χ0) is 23.7. The lowest BCUT2D eigenvalue weighted by molar-refractivity contribution is -0.384. The summed E-state index contributed by atoms with van der Waals surface area (Å²) in [4.78, 5) is 46.8. The average molecular weight is 442 g/mol. The molecule has 0 fully saturated rings. The summed E-state index contributed by atoms with van der Waals surface area (Å²) in [6.07, 6.45) is -0.318. The predicted octanol–water partition coefficient (Wildman–Crippen LogP) is 1.77. The normalized spacial score (nSPS) is 12.3. The van der Waals surface area contributed by atoms with Crippen LogP contribution in [0.15, 0.2) is 48.5 Å². The van der Waals surface area contributed by atoms with Gasteiger partial charge in [-0.3, -0.25) is 24.5 Å². The van der Waals surface area contributed by atoms with Crippen molar-refractivity contribution in [2.45, 2.75) is 38.3 Å². The van der Waals surface area contributed by atoms with Gasteiger partial charge in [-0.2, -0.15) is 0 Å². The number of rotatable bonds is 11. The summed E-state index contributed by atoms with van der Waals surface area (Å²) in [6.45, 7) is 1.84. The average Bonchev–Trinajstić information content (AvgIpc) is 2.77. The van der Waals surface area contributed by atoms with E-state index in [9.17, 15) is 24.5 Å². The maximum absolute atomic E-state index is 12.3. The summed E-state index contributed by atoms with van der Waals surface area (Å²) >= 11 is 0. The molecule has 0 heterocycles. The van der Waals surface area contributed by atoms with Crippen LogP contribution in [-0.4, -0.2) is 35.8 Å². The fraction of sp³-hybridized carbons (Fsp3) is 0.318. The maximum atomic E-state index is 12.3. The molecule has 0 aliphatic carbocycles. The molecule has 10 heteroatoms. The molecular weight excluding hydrogens is 416 g/mol. The Morgan fingerprint density at radius 2 is 1.69 bits per heavy atom. The van der Waals surface area contributed by atoms with Crippen LogP contribution >= 0.6 is 0 Å². The number of benzene rings is 2. The number of primary amides is 1. The molecule has 0 saturated carbocycles. The maximum Gasteiger partial charge on any atom is 0.269 e. The third kappa shape index (κ3) is 7.08. The molecule has 2 rings (SSSR count). The van der Waals surface area contributed by atoms with Gasteiger partial charge in [-0.05, 0) is 18.6 Å². The van der Waals surface area contributed by atoms with E-state index in [1.54, 1.807) is 0 Å². The van der Waals surface area contributed by atoms with Gasteiger partial charge in [0.2, 0.25) is 17.7 Å². The summed E-state index contributed by atoms with van der Waals surface area (Å²) in [5.74, 6) is -1.34. The Labute approximate surface area is 185 Å². The van der Waals surface area contributed by atoms with Gasteiger partial charge in [-0.1, -0.05) is 30.3 Å². The fourth-order valence-electron chi connectivity index (χ4n) is 3.11. The minimum absolute atomic E-state index is 0.0748. The highest BCUT2D eigenvalue weighted by Crippen LogP contribution is 2.25. The number of carbonyl (C=O) groups is 3. The minimum atomic E-state index is -1.12. The molecule has 0 radical (unpaired) electrons. The van der Waals surface area contributed by atoms with Crippen molar-refractivity contribution in [3.8, 4) is 5.75 Å². The van der Waals surface area contributed by atoms with E-state index in [-0.39, 0.29) is 36.9 Å². The highest BCUT2D eigenvalue weighted by atomic mass is 16.6. The Morgan fingerprint density at radius 1 is 1.06 bits per heavy atom. The first-order valence-corrected chi connectivity index (χ1v) is 9.95. The van der Waals surface area contributed by atoms with Crippen LogP contribution in [0.4, 0.5) is 5.69 Å². The van der Waals surface area contributed by atoms with Crippen LogP contribution in [-0.2, 0) is 20.8 Å². The number of ether oxygens (including phenoxy) is 1. The predicted molar refractivity (Wildman–Crippen MR) is 117 cm³/mol. The molecule has 0 spiro atoms. The van der Waals surface area contributed by atoms with Crippen LogP contribution in [0, 0.1) is 10.1 Å². The van der Waals surface area contributed by atoms with E-state index in [2.05, 4.69) is 10.6 Å². The van der Waals surface area contributed by atoms with Crippen molar-refractivity contribution < 1.29 is 24.0 Å². The summed E-state index contributed by atoms with van der Waals surface area (Å²) in [6, 6.07) is 12.0. The first-order chi connectivity index (χ1) is 15.2. The monoisotopic (exact) mass is 442 g/mol. The number of methoxy groups -OCH3 is 1. The third-order valence-electron chi connectivity index (χ3n) is 4.83. The molecule has 2 aromatic carbocycles. The molecule has 0 bridgehead atoms. The summed E-state index contributed by atoms with van der Waals surface area (Å²) in [5, 5.41) is 16.3. The summed E-state index contributed by atoms with van der Waals surface area (Å²) < 4.78 is 5.18. The van der Waals surface area contributed by atoms with E-state index >= 15 is 0 Å². The molecule has 0 aliphatic rings. The second-order valence-electron chi connectivity index (χ2n) is 7.18. The number of amides is 3. The molecular formula is C22H26N4O6. The van der Waals surface area contributed by atoms with Gasteiger partial charge in [-0.25, -0.2) is 0 Å². The van der Waals surface area contributed by atoms with Gasteiger partial charge in [-0.15, -0.1) is 0 Å². The number of nitrogens with zero attached hydrogens (tertiary/aromatic N) is 1. The van der Waals surface area contributed by atoms with Crippen molar-refractivity contribution in [3.05, 3.63) is 69.8 Å². The lowest BCUT2D eigenvalue weighted by Crippen LogP contribution is -2.46. The number of carbonyl (C=O) groups excluding carboxylic acids is 3. The van der Waals surface area contributed by atoms with E-state index in [0.717, 1.165) is 5.56 Å². The van der Waals surface area contributed by atoms with Crippen LogP contribution < -0.4 is 21.1 Å². The molecule has 2 aromatic rings. The number of nitrogens with two attached hydrogens (primary N) is 1. The fourth-order valence-corrected chi connectivity index (χ4v) is 3.11. The molecule has 0 saturated heterocycles. The second-order valence-corrected chi connectivity index (χ2v) is 7.18. The highest BCUT2D eigenvalue weighted by molar-refractivity contribution is 5.89. The summed E-state index contributed by atoms with van der Waals surface area (Å²) in [5.41, 5.74) is 6.50. The lowest BCUT2D eigenvalue weighted by Gasteiger charge is -2.18. The Morgan fingerprint density at radius 3 is 2.25 bits per heavy atom. The quantitative estimate of drug-likeness (QED) is 0.356. The first kappa shape index (κ1) is 24.3. The van der Waals surface area contributed by atoms with Gasteiger partial charge in [0.15, 0.2) is 0 Å². The van der Waals surface area contributed by atoms with Gasteiger partial charge < -0.3 is 21.1 Å². The Hall–Kier alpha value is -3.95. The first-order valence-electron chi connectivity index (χ1n) is 9.95. The number of non-ortho nitro benzene ring substituents is 1. The molecule has 3 amide bonds. The third-order valence-corrected chi connectivity index (χ3v) is 4.83. The molecule has 170 valence electrons. The van der Waals surface area contributed by atoms with Crippen molar-refractivity contribution in [1.29, 1.82) is 0 Å². The largest absolute Gasteiger partial charge is 0.496 e. The van der Waals surface area contributed by atoms with Crippen molar-refractivity contribution in [2.75, 3.05) is 7.11 Å². The van der Waals surface area contributed by atoms with E-state index < -0.39 is 22.8 Å². The van der Waals surface area contributed by atoms with Crippen LogP contribution in [0.1, 0.15) is 36.9 Å². The van der Waals surface area contributed by atoms with Gasteiger partial charge in [0, 0.05) is 37.0 Å². The number of nitro benzene ring substituents is 1. The van der Waals surface area contributed by atoms with Crippen LogP contribution in [0.3, 0.4) is 0 Å². The van der Waals surface area contributed by atoms with Crippen molar-refractivity contribution in [3.63, 3.8) is 0 Å². The van der Waals surface area contributed by atoms with Gasteiger partial charge in [0.25, 0.3) is 5.69 Å². The van der Waals surface area contributed by atoms with E-state index in [4.69, 9.17) is 10.5 Å². The molecule has 0 aromatic heterocycles. The number of nitro groups is 1. The minimum Gasteiger partial charge on any atom is -0.496 e. The Bertz CT molecular complexity index is 980. The van der Waals surface area contributed by atoms with E-state index in [1.807, 2.05) is 37.3 Å². The Kier molecular flexibility index (Phi) is 8.70. The SMILES string of the molecule is COc1ccc([N+](=O)[O-])cc1C[C@@H](NC(=O)CCC(=O)N[C@H](C)c1ccccc1)C(N)=O. The smallest absolute Gasteiger partial charge is 0.269 e. The van der Waals surface area contributed by atoms with E-state index in [0.29, 0.717) is 11.3 Å². The zero-order valence-electron chi connectivity index (χ0n) is 17.9. The molecule has 0 aliphatic heterocycles. The number of nitrogens with one attached hydrogen (secondary N) is 2. The highest BCUT2D eigenvalue weighted by Gasteiger charge is 2.22. The number of hydrogen-bond acceptors (Lipinski definition) is 6. The van der Waals surface area contributed by atoms with Crippen LogP contribution in [0.2, 0.25) is 0 Å². The standard InChI is InChI=1S/C22H26N4O6/c1-14(15-6-4-3-5-7-15)24-20(27)10-11-21(28)25-18(22(23)29)13-16-12-17(26(30)31)8-9-19(16)32-2/h3-9,12,14,18H,10-11,13H2,1-2H3,(H2,23,29)(H,24,27)(H,25,28)/t14-,18-/m1/s1. The number of hydrogen-bond donors (Lipinski definition) is 3. The van der Waals surface area contributed by atoms with Crippen LogP contribution in [0.25, 0.3) is 0 Å². The summed E-state index contributed by atoms with van der Waals surface area (Å²) in [7, 11) is 1.39. The van der Waals surface area contributed by atoms with Crippen LogP contribution in [0.5, 0.6) is 5.75 Å². The van der Waals surface area contributed by atoms with Gasteiger partial charge in [0.05, 0.1) is 18.1 Å². The molecule has 2 atom stereocenters. The van der Waals surface area contributed by atoms with Gasteiger partial charge in [0.1, 0.15) is 11.8 Å².